The van der Waals surface area contributed by atoms with E-state index in [0.29, 0.717) is 0 Å². The summed E-state index contributed by atoms with van der Waals surface area (Å²) in [7, 11) is 0. The maximum Gasteiger partial charge on any atom is 0.133 e. The van der Waals surface area contributed by atoms with Gasteiger partial charge in [-0.15, -0.1) is 0 Å². The molecule has 9 heavy (non-hydrogen) atoms. The van der Waals surface area contributed by atoms with Gasteiger partial charge in [-0.3, -0.25) is 0 Å². The van der Waals surface area contributed by atoms with E-state index in [0.717, 1.165) is 17.8 Å². The Hall–Kier alpha value is -1.05. The molecule has 1 radical (unpaired) electrons. The molecule has 0 unspecified atom stereocenters. The second-order valence-electron chi connectivity index (χ2n) is 1.82. The Bertz CT molecular complexity index is 187. The van der Waals surface area contributed by atoms with Crippen LogP contribution in [-0.4, -0.2) is 9.97 Å². The Morgan fingerprint density at radius 1 is 1.89 bits per heavy atom. The van der Waals surface area contributed by atoms with Gasteiger partial charge in [-0.2, -0.15) is 0 Å². The number of nitrogens with zero attached hydrogens (tertiary/aromatic N) is 1. The van der Waals surface area contributed by atoms with Crippen LogP contribution >= 0.6 is 0 Å². The number of imidazole rings is 1. The third-order valence-electron chi connectivity index (χ3n) is 1.18. The average molecular weight is 121 g/mol. The highest BCUT2D eigenvalue weighted by Gasteiger charge is 1.95. The Morgan fingerprint density at radius 3 is 3.11 bits per heavy atom. The molecule has 1 aromatic rings. The molecule has 0 fully saturated rings. The number of aromatic amines is 1. The summed E-state index contributed by atoms with van der Waals surface area (Å²) in [5.74, 6) is 0.789. The maximum absolute atomic E-state index is 5.56. The van der Waals surface area contributed by atoms with Crippen molar-refractivity contribution < 1.29 is 0 Å². The van der Waals surface area contributed by atoms with E-state index in [1.807, 2.05) is 6.92 Å². The van der Waals surface area contributed by atoms with Crippen molar-refractivity contribution in [3.05, 3.63) is 24.8 Å². The number of nitrogens with one attached hydrogen (secondary N) is 1. The molecule has 0 spiro atoms. The summed E-state index contributed by atoms with van der Waals surface area (Å²) in [5.41, 5.74) is 0.806. The van der Waals surface area contributed by atoms with Gasteiger partial charge in [0.2, 0.25) is 0 Å². The highest BCUT2D eigenvalue weighted by Crippen LogP contribution is 2.07. The number of hydrogen-bond acceptors (Lipinski definition) is 1. The lowest BCUT2D eigenvalue weighted by molar-refractivity contribution is 1.15. The number of rotatable bonds is 2. The van der Waals surface area contributed by atoms with Crippen LogP contribution in [0.2, 0.25) is 0 Å². The normalized spacial score (nSPS) is 9.44. The summed E-state index contributed by atoms with van der Waals surface area (Å²) in [4.78, 5) is 6.88. The van der Waals surface area contributed by atoms with Gasteiger partial charge in [0.15, 0.2) is 0 Å². The molecule has 0 saturated heterocycles. The first-order chi connectivity index (χ1) is 4.34. The first-order valence-electron chi connectivity index (χ1n) is 2.95. The molecular weight excluding hydrogens is 112 g/mol. The van der Waals surface area contributed by atoms with E-state index in [1.165, 1.54) is 0 Å². The molecule has 0 saturated carbocycles. The second kappa shape index (κ2) is 2.49. The van der Waals surface area contributed by atoms with Gasteiger partial charge in [0.25, 0.3) is 0 Å². The molecule has 47 valence electrons. The summed E-state index contributed by atoms with van der Waals surface area (Å²) in [6, 6.07) is 0. The largest absolute Gasteiger partial charge is 0.345 e. The first-order valence-corrected chi connectivity index (χ1v) is 2.95. The molecule has 1 heterocycles. The van der Waals surface area contributed by atoms with Crippen molar-refractivity contribution in [3.8, 4) is 0 Å². The van der Waals surface area contributed by atoms with Crippen LogP contribution in [0.15, 0.2) is 12.4 Å². The molecule has 0 aliphatic carbocycles. The molecule has 2 nitrogen and oxygen atoms in total. The highest BCUT2D eigenvalue weighted by molar-refractivity contribution is 5.54. The zero-order valence-corrected chi connectivity index (χ0v) is 5.39. The van der Waals surface area contributed by atoms with Crippen molar-refractivity contribution in [1.82, 2.24) is 9.97 Å². The molecule has 1 aromatic heterocycles. The van der Waals surface area contributed by atoms with Gasteiger partial charge < -0.3 is 4.98 Å². The first kappa shape index (κ1) is 6.08. The molecular formula is C7H9N2. The fourth-order valence-electron chi connectivity index (χ4n) is 0.608. The molecule has 0 bridgehead atoms. The van der Waals surface area contributed by atoms with Gasteiger partial charge in [-0.05, 0) is 12.0 Å². The quantitative estimate of drug-likeness (QED) is 0.633. The summed E-state index contributed by atoms with van der Waals surface area (Å²) in [6.45, 7) is 7.56. The van der Waals surface area contributed by atoms with Crippen LogP contribution in [0.4, 0.5) is 0 Å². The van der Waals surface area contributed by atoms with E-state index in [9.17, 15) is 0 Å². The Morgan fingerprint density at radius 2 is 2.67 bits per heavy atom. The predicted molar refractivity (Wildman–Crippen MR) is 36.6 cm³/mol. The minimum absolute atomic E-state index is 0.789. The van der Waals surface area contributed by atoms with Crippen molar-refractivity contribution in [2.75, 3.05) is 0 Å². The monoisotopic (exact) mass is 121 g/mol. The summed E-state index contributed by atoms with van der Waals surface area (Å²) in [6.07, 6.45) is 4.29. The maximum atomic E-state index is 5.56. The second-order valence-corrected chi connectivity index (χ2v) is 1.82. The fraction of sp³-hybridized carbons (Fsp3) is 0.286. The smallest absolute Gasteiger partial charge is 0.133 e. The van der Waals surface area contributed by atoms with Crippen LogP contribution in [0.1, 0.15) is 19.2 Å². The molecule has 0 aromatic carbocycles. The van der Waals surface area contributed by atoms with Crippen molar-refractivity contribution in [3.63, 3.8) is 0 Å². The van der Waals surface area contributed by atoms with Crippen molar-refractivity contribution in [2.24, 2.45) is 0 Å². The van der Waals surface area contributed by atoms with Crippen molar-refractivity contribution >= 4 is 5.57 Å². The van der Waals surface area contributed by atoms with Gasteiger partial charge in [0.05, 0.1) is 0 Å². The van der Waals surface area contributed by atoms with Gasteiger partial charge in [-0.1, -0.05) is 13.5 Å². The predicted octanol–water partition coefficient (Wildman–Crippen LogP) is 1.64. The van der Waals surface area contributed by atoms with E-state index < -0.39 is 0 Å². The van der Waals surface area contributed by atoms with Crippen LogP contribution in [-0.2, 0) is 0 Å². The molecule has 2 heteroatoms. The van der Waals surface area contributed by atoms with E-state index >= 15 is 0 Å². The standard InChI is InChI=1S/C7H9N2/c1-3-6(2)7-8-4-5-9-7/h2,4-5H,3H2,1H3,(H,8,9). The minimum atomic E-state index is 0.789. The Balaban J connectivity index is 2.77. The topological polar surface area (TPSA) is 28.7 Å². The van der Waals surface area contributed by atoms with E-state index in [2.05, 4.69) is 9.97 Å². The highest BCUT2D eigenvalue weighted by atomic mass is 14.9. The van der Waals surface area contributed by atoms with Gasteiger partial charge >= 0.3 is 0 Å². The zero-order valence-electron chi connectivity index (χ0n) is 5.39. The van der Waals surface area contributed by atoms with Crippen LogP contribution in [0, 0.1) is 6.58 Å². The molecule has 0 atom stereocenters. The van der Waals surface area contributed by atoms with Crippen LogP contribution in [0.25, 0.3) is 5.57 Å². The molecule has 1 N–H and O–H groups in total. The summed E-state index contributed by atoms with van der Waals surface area (Å²) >= 11 is 0. The van der Waals surface area contributed by atoms with E-state index in [4.69, 9.17) is 6.58 Å². The minimum Gasteiger partial charge on any atom is -0.345 e. The van der Waals surface area contributed by atoms with Crippen molar-refractivity contribution in [1.29, 1.82) is 0 Å². The van der Waals surface area contributed by atoms with Crippen LogP contribution in [0.5, 0.6) is 0 Å². The Kier molecular flexibility index (Phi) is 1.68. The third kappa shape index (κ3) is 1.19. The molecule has 0 aliphatic rings. The van der Waals surface area contributed by atoms with E-state index in [-0.39, 0.29) is 0 Å². The van der Waals surface area contributed by atoms with E-state index in [1.54, 1.807) is 12.4 Å². The van der Waals surface area contributed by atoms with Gasteiger partial charge in [-0.25, -0.2) is 4.98 Å². The zero-order chi connectivity index (χ0) is 6.69. The van der Waals surface area contributed by atoms with Crippen LogP contribution < -0.4 is 0 Å². The molecule has 1 rings (SSSR count). The average Bonchev–Trinajstić information content (AvgIpc) is 2.37. The lowest BCUT2D eigenvalue weighted by atomic mass is 10.2. The molecule has 0 aliphatic heterocycles. The van der Waals surface area contributed by atoms with Crippen molar-refractivity contribution in [2.45, 2.75) is 13.3 Å². The molecule has 0 amide bonds. The SMILES string of the molecule is [CH]=C(CC)c1ncc[nH]1. The third-order valence-corrected chi connectivity index (χ3v) is 1.18. The lowest BCUT2D eigenvalue weighted by Crippen LogP contribution is -1.81. The number of hydrogen-bond donors (Lipinski definition) is 1. The fourth-order valence-corrected chi connectivity index (χ4v) is 0.608. The number of aromatic nitrogens is 2. The van der Waals surface area contributed by atoms with Gasteiger partial charge in [0.1, 0.15) is 5.82 Å². The summed E-state index contributed by atoms with van der Waals surface area (Å²) in [5, 5.41) is 0. The lowest BCUT2D eigenvalue weighted by Gasteiger charge is -1.92. The number of allylic oxidation sites excluding steroid dienone is 1. The summed E-state index contributed by atoms with van der Waals surface area (Å²) < 4.78 is 0. The van der Waals surface area contributed by atoms with Crippen LogP contribution in [0.3, 0.4) is 0 Å². The van der Waals surface area contributed by atoms with Gasteiger partial charge in [0, 0.05) is 12.4 Å². The number of H-pyrrole nitrogens is 1. The Labute approximate surface area is 54.6 Å².